The Morgan fingerprint density at radius 2 is 1.30 bits per heavy atom. The van der Waals surface area contributed by atoms with E-state index in [-0.39, 0.29) is 17.7 Å². The lowest BCUT2D eigenvalue weighted by Gasteiger charge is -2.15. The maximum absolute atomic E-state index is 11.9. The van der Waals surface area contributed by atoms with E-state index in [4.69, 9.17) is 5.73 Å². The maximum atomic E-state index is 11.9. The smallest absolute Gasteiger partial charge is 0.157 e. The van der Waals surface area contributed by atoms with Crippen LogP contribution in [-0.2, 0) is 4.79 Å². The quantitative estimate of drug-likeness (QED) is 0.310. The molecule has 0 rings (SSSR count). The van der Waals surface area contributed by atoms with Gasteiger partial charge in [-0.3, -0.25) is 4.79 Å². The monoisotopic (exact) mass is 378 g/mol. The molecule has 2 unspecified atom stereocenters. The normalized spacial score (nSPS) is 16.0. The van der Waals surface area contributed by atoms with E-state index in [0.717, 1.165) is 24.2 Å². The van der Waals surface area contributed by atoms with Crippen molar-refractivity contribution in [2.45, 2.75) is 112 Å². The van der Waals surface area contributed by atoms with Gasteiger partial charge in [-0.2, -0.15) is 0 Å². The van der Waals surface area contributed by atoms with Gasteiger partial charge in [-0.05, 0) is 43.4 Å². The van der Waals surface area contributed by atoms with E-state index in [2.05, 4.69) is 34.6 Å². The van der Waals surface area contributed by atoms with Crippen molar-refractivity contribution in [3.63, 3.8) is 0 Å². The van der Waals surface area contributed by atoms with Crippen LogP contribution in [0.3, 0.4) is 0 Å². The largest absolute Gasteiger partial charge is 0.321 e. The highest BCUT2D eigenvalue weighted by atomic mass is 16.1. The summed E-state index contributed by atoms with van der Waals surface area (Å²) in [6.45, 7) is 15.5. The fourth-order valence-electron chi connectivity index (χ4n) is 3.45. The lowest BCUT2D eigenvalue weighted by atomic mass is 9.91. The van der Waals surface area contributed by atoms with Crippen LogP contribution in [0.1, 0.15) is 106 Å². The molecule has 0 amide bonds. The zero-order valence-electron chi connectivity index (χ0n) is 19.4. The molecule has 1 radical (unpaired) electrons. The average Bonchev–Trinajstić information content (AvgIpc) is 2.58. The predicted molar refractivity (Wildman–Crippen MR) is 121 cm³/mol. The number of nitrogens with two attached hydrogens (primary N) is 1. The molecule has 159 valence electrons. The molecule has 0 saturated heterocycles. The van der Waals surface area contributed by atoms with Crippen LogP contribution in [0.4, 0.5) is 0 Å². The lowest BCUT2D eigenvalue weighted by molar-refractivity contribution is -0.117. The molecule has 2 N–H and O–H groups in total. The third kappa shape index (κ3) is 15.0. The predicted octanol–water partition coefficient (Wildman–Crippen LogP) is 7.13. The molecule has 2 nitrogen and oxygen atoms in total. The fraction of sp³-hybridized carbons (Fsp3) is 0.840. The molecule has 0 aromatic rings. The molecule has 0 heterocycles. The van der Waals surface area contributed by atoms with Crippen molar-refractivity contribution in [2.24, 2.45) is 29.4 Å². The van der Waals surface area contributed by atoms with Crippen molar-refractivity contribution in [3.05, 3.63) is 18.1 Å². The molecule has 0 aromatic heterocycles. The van der Waals surface area contributed by atoms with Crippen LogP contribution in [0.25, 0.3) is 0 Å². The average molecular weight is 379 g/mol. The molecule has 27 heavy (non-hydrogen) atoms. The van der Waals surface area contributed by atoms with Crippen molar-refractivity contribution < 1.29 is 4.79 Å². The first kappa shape index (κ1) is 26.4. The zero-order chi connectivity index (χ0) is 20.8. The summed E-state index contributed by atoms with van der Waals surface area (Å²) in [6.07, 6.45) is 15.5. The van der Waals surface area contributed by atoms with Gasteiger partial charge in [0, 0.05) is 0 Å². The van der Waals surface area contributed by atoms with Crippen molar-refractivity contribution in [2.75, 3.05) is 0 Å². The molecule has 0 aliphatic heterocycles. The number of rotatable bonds is 16. The molecule has 0 saturated carbocycles. The first-order chi connectivity index (χ1) is 12.6. The number of Topliss-reactive ketones (excluding diaryl/α,β-unsaturated/α-hetero) is 1. The summed E-state index contributed by atoms with van der Waals surface area (Å²) >= 11 is 0. The van der Waals surface area contributed by atoms with Gasteiger partial charge in [-0.25, -0.2) is 0 Å². The topological polar surface area (TPSA) is 43.1 Å². The molecule has 0 aliphatic rings. The summed E-state index contributed by atoms with van der Waals surface area (Å²) in [6, 6.07) is -0.373. The lowest BCUT2D eigenvalue weighted by Crippen LogP contribution is -2.35. The van der Waals surface area contributed by atoms with Crippen LogP contribution < -0.4 is 5.73 Å². The van der Waals surface area contributed by atoms with E-state index in [1.165, 1.54) is 56.9 Å². The van der Waals surface area contributed by atoms with Crippen LogP contribution in [0.15, 0.2) is 11.6 Å². The van der Waals surface area contributed by atoms with Gasteiger partial charge < -0.3 is 5.73 Å². The van der Waals surface area contributed by atoms with Crippen LogP contribution in [0.5, 0.6) is 0 Å². The highest BCUT2D eigenvalue weighted by Gasteiger charge is 2.16. The third-order valence-corrected chi connectivity index (χ3v) is 5.72. The SMILES string of the molecule is CC(=C[CH]C(=O)[C@@H](N)C(C)C)CCCC(C)CCCC(C)CCCC(C)C. The van der Waals surface area contributed by atoms with E-state index in [9.17, 15) is 4.79 Å². The Morgan fingerprint density at radius 1 is 0.815 bits per heavy atom. The highest BCUT2D eigenvalue weighted by Crippen LogP contribution is 2.22. The van der Waals surface area contributed by atoms with Gasteiger partial charge in [0.2, 0.25) is 0 Å². The van der Waals surface area contributed by atoms with E-state index in [1.54, 1.807) is 6.42 Å². The Labute approximate surface area is 170 Å². The Hall–Kier alpha value is -0.630. The van der Waals surface area contributed by atoms with Crippen LogP contribution in [0, 0.1) is 30.1 Å². The van der Waals surface area contributed by atoms with Crippen molar-refractivity contribution in [3.8, 4) is 0 Å². The van der Waals surface area contributed by atoms with Gasteiger partial charge >= 0.3 is 0 Å². The second-order valence-electron chi connectivity index (χ2n) is 9.71. The van der Waals surface area contributed by atoms with Gasteiger partial charge in [0.05, 0.1) is 12.5 Å². The Bertz CT molecular complexity index is 411. The van der Waals surface area contributed by atoms with Crippen LogP contribution >= 0.6 is 0 Å². The van der Waals surface area contributed by atoms with E-state index in [0.29, 0.717) is 0 Å². The minimum atomic E-state index is -0.373. The van der Waals surface area contributed by atoms with Crippen molar-refractivity contribution in [1.82, 2.24) is 0 Å². The van der Waals surface area contributed by atoms with Crippen molar-refractivity contribution >= 4 is 5.78 Å². The van der Waals surface area contributed by atoms with Crippen LogP contribution in [0.2, 0.25) is 0 Å². The summed E-state index contributed by atoms with van der Waals surface area (Å²) in [4.78, 5) is 11.9. The van der Waals surface area contributed by atoms with Gasteiger partial charge in [0.1, 0.15) is 0 Å². The highest BCUT2D eigenvalue weighted by molar-refractivity contribution is 5.93. The summed E-state index contributed by atoms with van der Waals surface area (Å²) in [5.74, 6) is 2.77. The molecule has 0 fully saturated rings. The van der Waals surface area contributed by atoms with E-state index < -0.39 is 0 Å². The second kappa shape index (κ2) is 15.3. The van der Waals surface area contributed by atoms with E-state index in [1.807, 2.05) is 19.9 Å². The summed E-state index contributed by atoms with van der Waals surface area (Å²) in [7, 11) is 0. The molecular weight excluding hydrogens is 330 g/mol. The molecule has 0 spiro atoms. The minimum Gasteiger partial charge on any atom is -0.321 e. The Balaban J connectivity index is 3.82. The molecule has 0 aliphatic carbocycles. The number of ketones is 1. The maximum Gasteiger partial charge on any atom is 0.157 e. The number of carbonyl (C=O) groups excluding carboxylic acids is 1. The Kier molecular flexibility index (Phi) is 15.0. The fourth-order valence-corrected chi connectivity index (χ4v) is 3.45. The first-order valence-electron chi connectivity index (χ1n) is 11.4. The second-order valence-corrected chi connectivity index (χ2v) is 9.71. The molecular formula is C25H48NO. The number of hydrogen-bond donors (Lipinski definition) is 1. The molecule has 0 bridgehead atoms. The van der Waals surface area contributed by atoms with Crippen molar-refractivity contribution in [1.29, 1.82) is 0 Å². The summed E-state index contributed by atoms with van der Waals surface area (Å²) in [5, 5.41) is 0. The molecule has 0 aromatic carbocycles. The zero-order valence-corrected chi connectivity index (χ0v) is 19.4. The van der Waals surface area contributed by atoms with E-state index >= 15 is 0 Å². The van der Waals surface area contributed by atoms with Gasteiger partial charge in [0.25, 0.3) is 0 Å². The Morgan fingerprint density at radius 3 is 1.78 bits per heavy atom. The summed E-state index contributed by atoms with van der Waals surface area (Å²) < 4.78 is 0. The number of hydrogen-bond acceptors (Lipinski definition) is 2. The van der Waals surface area contributed by atoms with Crippen LogP contribution in [-0.4, -0.2) is 11.8 Å². The van der Waals surface area contributed by atoms with Gasteiger partial charge in [0.15, 0.2) is 5.78 Å². The molecule has 2 heteroatoms. The van der Waals surface area contributed by atoms with Gasteiger partial charge in [-0.15, -0.1) is 0 Å². The number of allylic oxidation sites excluding steroid dienone is 2. The first-order valence-corrected chi connectivity index (χ1v) is 11.4. The molecule has 3 atom stereocenters. The minimum absolute atomic E-state index is 0.0419. The summed E-state index contributed by atoms with van der Waals surface area (Å²) in [5.41, 5.74) is 7.17. The standard InChI is InChI=1S/C25H48NO/c1-19(2)11-8-12-21(5)13-9-14-22(6)15-10-16-23(7)17-18-24(27)25(26)20(3)4/h17-22,25H,8-16,26H2,1-7H3/t21?,22?,25-/m0/s1. The third-order valence-electron chi connectivity index (χ3n) is 5.72. The van der Waals surface area contributed by atoms with Gasteiger partial charge in [-0.1, -0.05) is 98.1 Å². The number of carbonyl (C=O) groups is 1.